The molecule has 0 heterocycles. The third-order valence-corrected chi connectivity index (χ3v) is 3.83. The Kier molecular flexibility index (Phi) is 5.06. The Morgan fingerprint density at radius 2 is 1.88 bits per heavy atom. The van der Waals surface area contributed by atoms with Gasteiger partial charge in [0.1, 0.15) is 0 Å². The second-order valence-corrected chi connectivity index (χ2v) is 5.28. The lowest BCUT2D eigenvalue weighted by atomic mass is 9.71. The molecule has 3 N–H and O–H groups in total. The predicted molar refractivity (Wildman–Crippen MR) is 67.6 cm³/mol. The van der Waals surface area contributed by atoms with Gasteiger partial charge in [-0.25, -0.2) is 0 Å². The summed E-state index contributed by atoms with van der Waals surface area (Å²) in [6, 6.07) is 0.482. The van der Waals surface area contributed by atoms with Crippen LogP contribution in [0.15, 0.2) is 0 Å². The standard InChI is InChI=1S/C12H22N2O.ClH/c13-9-12(6-2-1-3-7-12)8-11(15)14-10-4-5-10;/h10H,1-9,13H2,(H,14,15);1H. The first-order chi connectivity index (χ1) is 7.24. The fourth-order valence-corrected chi connectivity index (χ4v) is 2.60. The summed E-state index contributed by atoms with van der Waals surface area (Å²) in [5, 5.41) is 3.07. The highest BCUT2D eigenvalue weighted by molar-refractivity contribution is 5.85. The van der Waals surface area contributed by atoms with Gasteiger partial charge in [0, 0.05) is 12.5 Å². The Bertz CT molecular complexity index is 235. The molecule has 1 amide bonds. The van der Waals surface area contributed by atoms with Crippen molar-refractivity contribution in [1.82, 2.24) is 5.32 Å². The summed E-state index contributed by atoms with van der Waals surface area (Å²) in [4.78, 5) is 11.8. The van der Waals surface area contributed by atoms with E-state index in [1.54, 1.807) is 0 Å². The molecule has 0 radical (unpaired) electrons. The van der Waals surface area contributed by atoms with Crippen LogP contribution in [0.3, 0.4) is 0 Å². The molecule has 94 valence electrons. The van der Waals surface area contributed by atoms with Crippen LogP contribution in [0.1, 0.15) is 51.4 Å². The number of nitrogens with two attached hydrogens (primary N) is 1. The van der Waals surface area contributed by atoms with Crippen molar-refractivity contribution in [2.45, 2.75) is 57.4 Å². The van der Waals surface area contributed by atoms with Gasteiger partial charge in [-0.15, -0.1) is 12.4 Å². The number of nitrogens with one attached hydrogen (secondary N) is 1. The highest BCUT2D eigenvalue weighted by atomic mass is 35.5. The van der Waals surface area contributed by atoms with E-state index in [0.29, 0.717) is 19.0 Å². The average molecular weight is 247 g/mol. The quantitative estimate of drug-likeness (QED) is 0.797. The van der Waals surface area contributed by atoms with Crippen LogP contribution in [0.4, 0.5) is 0 Å². The molecule has 0 aromatic rings. The normalized spacial score (nSPS) is 23.3. The fraction of sp³-hybridized carbons (Fsp3) is 0.917. The first kappa shape index (κ1) is 13.8. The number of hydrogen-bond acceptors (Lipinski definition) is 2. The summed E-state index contributed by atoms with van der Waals surface area (Å²) >= 11 is 0. The Morgan fingerprint density at radius 1 is 1.25 bits per heavy atom. The second kappa shape index (κ2) is 5.87. The smallest absolute Gasteiger partial charge is 0.220 e. The van der Waals surface area contributed by atoms with E-state index in [1.165, 1.54) is 32.1 Å². The number of carbonyl (C=O) groups is 1. The molecule has 0 bridgehead atoms. The average Bonchev–Trinajstić information content (AvgIpc) is 3.03. The fourth-order valence-electron chi connectivity index (χ4n) is 2.60. The van der Waals surface area contributed by atoms with Crippen molar-refractivity contribution in [2.24, 2.45) is 11.1 Å². The molecule has 16 heavy (non-hydrogen) atoms. The lowest BCUT2D eigenvalue weighted by Crippen LogP contribution is -2.39. The maximum Gasteiger partial charge on any atom is 0.220 e. The van der Waals surface area contributed by atoms with Crippen LogP contribution in [-0.4, -0.2) is 18.5 Å². The lowest BCUT2D eigenvalue weighted by molar-refractivity contribution is -0.124. The van der Waals surface area contributed by atoms with Gasteiger partial charge in [-0.05, 0) is 37.6 Å². The van der Waals surface area contributed by atoms with Gasteiger partial charge in [0.25, 0.3) is 0 Å². The molecule has 2 rings (SSSR count). The number of rotatable bonds is 4. The monoisotopic (exact) mass is 246 g/mol. The van der Waals surface area contributed by atoms with E-state index >= 15 is 0 Å². The van der Waals surface area contributed by atoms with E-state index in [0.717, 1.165) is 12.8 Å². The van der Waals surface area contributed by atoms with Crippen LogP contribution in [0.5, 0.6) is 0 Å². The summed E-state index contributed by atoms with van der Waals surface area (Å²) in [7, 11) is 0. The third kappa shape index (κ3) is 3.63. The first-order valence-corrected chi connectivity index (χ1v) is 6.24. The van der Waals surface area contributed by atoms with Crippen molar-refractivity contribution in [2.75, 3.05) is 6.54 Å². The van der Waals surface area contributed by atoms with E-state index in [2.05, 4.69) is 5.32 Å². The zero-order chi connectivity index (χ0) is 10.7. The lowest BCUT2D eigenvalue weighted by Gasteiger charge is -2.35. The van der Waals surface area contributed by atoms with Crippen molar-refractivity contribution >= 4 is 18.3 Å². The number of carbonyl (C=O) groups excluding carboxylic acids is 1. The molecular formula is C12H23ClN2O. The second-order valence-electron chi connectivity index (χ2n) is 5.28. The number of amides is 1. The van der Waals surface area contributed by atoms with Gasteiger partial charge in [0.2, 0.25) is 5.91 Å². The molecule has 0 saturated heterocycles. The molecule has 3 nitrogen and oxygen atoms in total. The highest BCUT2D eigenvalue weighted by Crippen LogP contribution is 2.38. The molecule has 0 spiro atoms. The molecule has 0 aromatic carbocycles. The molecule has 2 saturated carbocycles. The molecule has 0 unspecified atom stereocenters. The molecule has 4 heteroatoms. The summed E-state index contributed by atoms with van der Waals surface area (Å²) in [6.07, 6.45) is 9.07. The van der Waals surface area contributed by atoms with Crippen molar-refractivity contribution in [3.63, 3.8) is 0 Å². The summed E-state index contributed by atoms with van der Waals surface area (Å²) in [5.74, 6) is 0.227. The van der Waals surface area contributed by atoms with Gasteiger partial charge in [-0.1, -0.05) is 19.3 Å². The summed E-state index contributed by atoms with van der Waals surface area (Å²) in [6.45, 7) is 0.672. The van der Waals surface area contributed by atoms with Crippen LogP contribution in [0, 0.1) is 5.41 Å². The molecule has 2 aliphatic rings. The van der Waals surface area contributed by atoms with Crippen LogP contribution in [0.25, 0.3) is 0 Å². The van der Waals surface area contributed by atoms with Crippen LogP contribution >= 0.6 is 12.4 Å². The Morgan fingerprint density at radius 3 is 2.38 bits per heavy atom. The minimum Gasteiger partial charge on any atom is -0.353 e. The first-order valence-electron chi connectivity index (χ1n) is 6.24. The predicted octanol–water partition coefficient (Wildman–Crippen LogP) is 1.99. The molecule has 2 aliphatic carbocycles. The van der Waals surface area contributed by atoms with Gasteiger partial charge in [0.05, 0.1) is 0 Å². The van der Waals surface area contributed by atoms with Gasteiger partial charge in [-0.3, -0.25) is 4.79 Å². The summed E-state index contributed by atoms with van der Waals surface area (Å²) < 4.78 is 0. The van der Waals surface area contributed by atoms with Gasteiger partial charge < -0.3 is 11.1 Å². The third-order valence-electron chi connectivity index (χ3n) is 3.83. The van der Waals surface area contributed by atoms with E-state index in [1.807, 2.05) is 0 Å². The van der Waals surface area contributed by atoms with Crippen molar-refractivity contribution in [3.05, 3.63) is 0 Å². The van der Waals surface area contributed by atoms with Crippen molar-refractivity contribution in [3.8, 4) is 0 Å². The SMILES string of the molecule is Cl.NCC1(CC(=O)NC2CC2)CCCCC1. The molecule has 0 atom stereocenters. The highest BCUT2D eigenvalue weighted by Gasteiger charge is 2.34. The molecule has 2 fully saturated rings. The van der Waals surface area contributed by atoms with Crippen molar-refractivity contribution in [1.29, 1.82) is 0 Å². The molecule has 0 aliphatic heterocycles. The van der Waals surface area contributed by atoms with Crippen molar-refractivity contribution < 1.29 is 4.79 Å². The Hall–Kier alpha value is -0.280. The Balaban J connectivity index is 0.00000128. The van der Waals surface area contributed by atoms with Gasteiger partial charge >= 0.3 is 0 Å². The van der Waals surface area contributed by atoms with Crippen LogP contribution < -0.4 is 11.1 Å². The number of halogens is 1. The van der Waals surface area contributed by atoms with E-state index in [4.69, 9.17) is 5.73 Å². The van der Waals surface area contributed by atoms with Crippen LogP contribution in [0.2, 0.25) is 0 Å². The minimum atomic E-state index is 0. The van der Waals surface area contributed by atoms with E-state index < -0.39 is 0 Å². The zero-order valence-electron chi connectivity index (χ0n) is 9.84. The molecule has 0 aromatic heterocycles. The number of hydrogen-bond donors (Lipinski definition) is 2. The van der Waals surface area contributed by atoms with Gasteiger partial charge in [-0.2, -0.15) is 0 Å². The maximum absolute atomic E-state index is 11.8. The van der Waals surface area contributed by atoms with Gasteiger partial charge in [0.15, 0.2) is 0 Å². The molecular weight excluding hydrogens is 224 g/mol. The summed E-state index contributed by atoms with van der Waals surface area (Å²) in [5.41, 5.74) is 5.98. The minimum absolute atomic E-state index is 0. The Labute approximate surface area is 104 Å². The zero-order valence-corrected chi connectivity index (χ0v) is 10.7. The van der Waals surface area contributed by atoms with E-state index in [-0.39, 0.29) is 23.7 Å². The topological polar surface area (TPSA) is 55.1 Å². The maximum atomic E-state index is 11.8. The van der Waals surface area contributed by atoms with E-state index in [9.17, 15) is 4.79 Å². The largest absolute Gasteiger partial charge is 0.353 e. The van der Waals surface area contributed by atoms with Crippen LogP contribution in [-0.2, 0) is 4.79 Å².